The number of anilines is 1. The standard InChI is InChI=1S/C24H38F4N6O/c1-22(2,3)20-30-18(24(26,27)28)16-19(31-20)34-14-12-33(13-15-34)11-10-23(25)8-6-17(7-9-23)29-21(35)32(4)5/h16-17H,6-15H2,1-5H3,(H,29,35). The van der Waals surface area contributed by atoms with Gasteiger partial charge in [0, 0.05) is 64.3 Å². The van der Waals surface area contributed by atoms with Crippen LogP contribution in [0.25, 0.3) is 0 Å². The molecule has 0 aromatic carbocycles. The zero-order valence-corrected chi connectivity index (χ0v) is 21.4. The first kappa shape index (κ1) is 27.4. The fourth-order valence-corrected chi connectivity index (χ4v) is 4.47. The number of hydrogen-bond acceptors (Lipinski definition) is 5. The van der Waals surface area contributed by atoms with Crippen molar-refractivity contribution in [3.05, 3.63) is 17.6 Å². The van der Waals surface area contributed by atoms with E-state index in [0.29, 0.717) is 64.8 Å². The fraction of sp³-hybridized carbons (Fsp3) is 0.792. The van der Waals surface area contributed by atoms with Crippen molar-refractivity contribution in [2.45, 2.75) is 76.2 Å². The Morgan fingerprint density at radius 2 is 1.71 bits per heavy atom. The summed E-state index contributed by atoms with van der Waals surface area (Å²) in [5.41, 5.74) is -2.78. The van der Waals surface area contributed by atoms with E-state index in [1.807, 2.05) is 4.90 Å². The molecule has 3 rings (SSSR count). The van der Waals surface area contributed by atoms with Gasteiger partial charge in [0.2, 0.25) is 0 Å². The van der Waals surface area contributed by atoms with E-state index in [1.165, 1.54) is 4.90 Å². The third kappa shape index (κ3) is 7.41. The second-order valence-corrected chi connectivity index (χ2v) is 11.0. The molecule has 1 aromatic heterocycles. The van der Waals surface area contributed by atoms with E-state index in [0.717, 1.165) is 6.07 Å². The molecule has 0 bridgehead atoms. The van der Waals surface area contributed by atoms with Crippen LogP contribution in [0.2, 0.25) is 0 Å². The molecule has 1 saturated carbocycles. The number of alkyl halides is 4. The summed E-state index contributed by atoms with van der Waals surface area (Å²) in [6.07, 6.45) is -2.04. The van der Waals surface area contributed by atoms with Crippen molar-refractivity contribution < 1.29 is 22.4 Å². The molecule has 7 nitrogen and oxygen atoms in total. The Kier molecular flexibility index (Phi) is 8.18. The van der Waals surface area contributed by atoms with Crippen LogP contribution in [0.5, 0.6) is 0 Å². The number of nitrogens with one attached hydrogen (secondary N) is 1. The molecular formula is C24H38F4N6O. The molecule has 1 N–H and O–H groups in total. The van der Waals surface area contributed by atoms with E-state index < -0.39 is 23.0 Å². The SMILES string of the molecule is CN(C)C(=O)NC1CCC(F)(CCN2CCN(c3cc(C(F)(F)F)nc(C(C)(C)C)n3)CC2)CC1. The van der Waals surface area contributed by atoms with Crippen molar-refractivity contribution >= 4 is 11.8 Å². The van der Waals surface area contributed by atoms with Crippen LogP contribution in [-0.4, -0.2) is 84.3 Å². The summed E-state index contributed by atoms with van der Waals surface area (Å²) in [7, 11) is 3.36. The van der Waals surface area contributed by atoms with Crippen molar-refractivity contribution in [2.24, 2.45) is 0 Å². The van der Waals surface area contributed by atoms with Crippen molar-refractivity contribution in [3.63, 3.8) is 0 Å². The van der Waals surface area contributed by atoms with E-state index in [4.69, 9.17) is 0 Å². The first-order valence-corrected chi connectivity index (χ1v) is 12.3. The predicted molar refractivity (Wildman–Crippen MR) is 127 cm³/mol. The Morgan fingerprint density at radius 1 is 1.11 bits per heavy atom. The summed E-state index contributed by atoms with van der Waals surface area (Å²) < 4.78 is 55.6. The summed E-state index contributed by atoms with van der Waals surface area (Å²) >= 11 is 0. The Morgan fingerprint density at radius 3 is 2.23 bits per heavy atom. The third-order valence-corrected chi connectivity index (χ3v) is 6.86. The van der Waals surface area contributed by atoms with Gasteiger partial charge in [-0.05, 0) is 32.1 Å². The number of nitrogens with zero attached hydrogens (tertiary/aromatic N) is 5. The van der Waals surface area contributed by atoms with Gasteiger partial charge < -0.3 is 15.1 Å². The fourth-order valence-electron chi connectivity index (χ4n) is 4.47. The number of amides is 2. The first-order valence-electron chi connectivity index (χ1n) is 12.3. The average Bonchev–Trinajstić information content (AvgIpc) is 2.78. The smallest absolute Gasteiger partial charge is 0.354 e. The van der Waals surface area contributed by atoms with Gasteiger partial charge in [0.15, 0.2) is 0 Å². The molecule has 0 atom stereocenters. The number of piperazine rings is 1. The minimum atomic E-state index is -4.54. The monoisotopic (exact) mass is 502 g/mol. The van der Waals surface area contributed by atoms with Crippen molar-refractivity contribution in [1.29, 1.82) is 0 Å². The van der Waals surface area contributed by atoms with E-state index in [2.05, 4.69) is 20.2 Å². The summed E-state index contributed by atoms with van der Waals surface area (Å²) in [6.45, 7) is 8.29. The van der Waals surface area contributed by atoms with Gasteiger partial charge in [0.1, 0.15) is 23.0 Å². The highest BCUT2D eigenvalue weighted by molar-refractivity contribution is 5.73. The summed E-state index contributed by atoms with van der Waals surface area (Å²) in [6, 6.07) is 0.874. The van der Waals surface area contributed by atoms with Gasteiger partial charge in [-0.15, -0.1) is 0 Å². The van der Waals surface area contributed by atoms with Crippen LogP contribution < -0.4 is 10.2 Å². The van der Waals surface area contributed by atoms with Gasteiger partial charge in [-0.25, -0.2) is 19.2 Å². The predicted octanol–water partition coefficient (Wildman–Crippen LogP) is 4.23. The molecule has 35 heavy (non-hydrogen) atoms. The lowest BCUT2D eigenvalue weighted by molar-refractivity contribution is -0.141. The van der Waals surface area contributed by atoms with Crippen LogP contribution in [0, 0.1) is 0 Å². The molecule has 2 heterocycles. The van der Waals surface area contributed by atoms with E-state index in [1.54, 1.807) is 34.9 Å². The molecule has 0 spiro atoms. The second-order valence-electron chi connectivity index (χ2n) is 11.0. The maximum absolute atomic E-state index is 15.4. The summed E-state index contributed by atoms with van der Waals surface area (Å²) in [4.78, 5) is 25.5. The van der Waals surface area contributed by atoms with E-state index >= 15 is 4.39 Å². The van der Waals surface area contributed by atoms with Gasteiger partial charge in [-0.2, -0.15) is 13.2 Å². The molecule has 11 heteroatoms. The number of rotatable bonds is 5. The second kappa shape index (κ2) is 10.4. The van der Waals surface area contributed by atoms with Crippen molar-refractivity contribution in [2.75, 3.05) is 51.7 Å². The highest BCUT2D eigenvalue weighted by Crippen LogP contribution is 2.36. The molecule has 198 valence electrons. The summed E-state index contributed by atoms with van der Waals surface area (Å²) in [5.74, 6) is 0.457. The maximum Gasteiger partial charge on any atom is 0.433 e. The zero-order valence-electron chi connectivity index (χ0n) is 21.4. The lowest BCUT2D eigenvalue weighted by Gasteiger charge is -2.39. The number of aromatic nitrogens is 2. The molecule has 1 aliphatic heterocycles. The molecule has 1 aliphatic carbocycles. The Hall–Kier alpha value is -2.17. The van der Waals surface area contributed by atoms with Crippen LogP contribution in [0.3, 0.4) is 0 Å². The lowest BCUT2D eigenvalue weighted by Crippen LogP contribution is -2.49. The lowest BCUT2D eigenvalue weighted by atomic mass is 9.81. The van der Waals surface area contributed by atoms with Gasteiger partial charge >= 0.3 is 12.2 Å². The highest BCUT2D eigenvalue weighted by atomic mass is 19.4. The topological polar surface area (TPSA) is 64.6 Å². The van der Waals surface area contributed by atoms with Gasteiger partial charge in [-0.1, -0.05) is 20.8 Å². The van der Waals surface area contributed by atoms with Gasteiger partial charge in [0.25, 0.3) is 0 Å². The number of carbonyl (C=O) groups is 1. The molecule has 1 saturated heterocycles. The van der Waals surface area contributed by atoms with Gasteiger partial charge in [-0.3, -0.25) is 4.90 Å². The zero-order chi connectivity index (χ0) is 26.0. The molecule has 2 fully saturated rings. The van der Waals surface area contributed by atoms with Crippen LogP contribution in [0.4, 0.5) is 28.2 Å². The molecule has 2 amide bonds. The molecule has 0 radical (unpaired) electrons. The molecule has 2 aliphatic rings. The Bertz CT molecular complexity index is 837. The number of carbonyl (C=O) groups excluding carboxylic acids is 1. The maximum atomic E-state index is 15.4. The number of urea groups is 1. The first-order chi connectivity index (χ1) is 16.2. The Balaban J connectivity index is 1.52. The molecular weight excluding hydrogens is 464 g/mol. The molecule has 0 unspecified atom stereocenters. The van der Waals surface area contributed by atoms with Gasteiger partial charge in [0.05, 0.1) is 0 Å². The third-order valence-electron chi connectivity index (χ3n) is 6.86. The number of hydrogen-bond donors (Lipinski definition) is 1. The average molecular weight is 503 g/mol. The molecule has 1 aromatic rings. The highest BCUT2D eigenvalue weighted by Gasteiger charge is 2.37. The number of halogens is 4. The van der Waals surface area contributed by atoms with Crippen molar-refractivity contribution in [3.8, 4) is 0 Å². The Labute approximate surface area is 205 Å². The minimum absolute atomic E-state index is 0.00441. The van der Waals surface area contributed by atoms with Crippen LogP contribution in [0.1, 0.15) is 64.4 Å². The summed E-state index contributed by atoms with van der Waals surface area (Å²) in [5, 5.41) is 2.93. The largest absolute Gasteiger partial charge is 0.433 e. The van der Waals surface area contributed by atoms with Crippen LogP contribution in [-0.2, 0) is 11.6 Å². The van der Waals surface area contributed by atoms with Crippen LogP contribution in [0.15, 0.2) is 6.07 Å². The quantitative estimate of drug-likeness (QED) is 0.611. The normalized spacial score (nSPS) is 24.4. The van der Waals surface area contributed by atoms with Crippen molar-refractivity contribution in [1.82, 2.24) is 25.1 Å². The van der Waals surface area contributed by atoms with Crippen LogP contribution >= 0.6 is 0 Å². The van der Waals surface area contributed by atoms with E-state index in [9.17, 15) is 18.0 Å². The van der Waals surface area contributed by atoms with E-state index in [-0.39, 0.29) is 23.7 Å². The minimum Gasteiger partial charge on any atom is -0.354 e.